The summed E-state index contributed by atoms with van der Waals surface area (Å²) in [5, 5.41) is 8.61. The molecular weight excluding hydrogens is 186 g/mol. The van der Waals surface area contributed by atoms with Gasteiger partial charge < -0.3 is 4.57 Å². The van der Waals surface area contributed by atoms with Crippen LogP contribution in [-0.4, -0.2) is 9.55 Å². The minimum Gasteiger partial charge on any atom is -0.332 e. The van der Waals surface area contributed by atoms with Crippen molar-refractivity contribution in [1.82, 2.24) is 9.55 Å². The summed E-state index contributed by atoms with van der Waals surface area (Å²) in [6.07, 6.45) is 6.11. The zero-order chi connectivity index (χ0) is 10.7. The van der Waals surface area contributed by atoms with Crippen LogP contribution in [-0.2, 0) is 25.8 Å². The van der Waals surface area contributed by atoms with Gasteiger partial charge in [-0.15, -0.1) is 0 Å². The van der Waals surface area contributed by atoms with Gasteiger partial charge in [0, 0.05) is 31.5 Å². The predicted octanol–water partition coefficient (Wildman–Crippen LogP) is 2.24. The van der Waals surface area contributed by atoms with Gasteiger partial charge >= 0.3 is 0 Å². The molecule has 2 heterocycles. The summed E-state index contributed by atoms with van der Waals surface area (Å²) in [5.74, 6) is 1.21. The molecule has 15 heavy (non-hydrogen) atoms. The van der Waals surface area contributed by atoms with Gasteiger partial charge in [-0.3, -0.25) is 0 Å². The van der Waals surface area contributed by atoms with Crippen LogP contribution in [0.5, 0.6) is 0 Å². The van der Waals surface area contributed by atoms with Crippen molar-refractivity contribution in [3.8, 4) is 6.07 Å². The van der Waals surface area contributed by atoms with Crippen molar-refractivity contribution < 1.29 is 0 Å². The van der Waals surface area contributed by atoms with E-state index in [0.717, 1.165) is 25.8 Å². The van der Waals surface area contributed by atoms with Crippen LogP contribution in [0, 0.1) is 11.3 Å². The molecule has 1 aliphatic rings. The van der Waals surface area contributed by atoms with Gasteiger partial charge in [-0.25, -0.2) is 4.98 Å². The number of imidazole rings is 1. The highest BCUT2D eigenvalue weighted by Crippen LogP contribution is 2.22. The Balaban J connectivity index is 2.30. The molecule has 0 aliphatic carbocycles. The van der Waals surface area contributed by atoms with Crippen molar-refractivity contribution in [1.29, 1.82) is 5.26 Å². The van der Waals surface area contributed by atoms with Crippen LogP contribution in [0.1, 0.15) is 43.4 Å². The second-order valence-electron chi connectivity index (χ2n) is 4.04. The van der Waals surface area contributed by atoms with E-state index in [-0.39, 0.29) is 0 Å². The topological polar surface area (TPSA) is 41.6 Å². The quantitative estimate of drug-likeness (QED) is 0.756. The van der Waals surface area contributed by atoms with Crippen molar-refractivity contribution in [3.63, 3.8) is 0 Å². The van der Waals surface area contributed by atoms with Gasteiger partial charge in [0.15, 0.2) is 0 Å². The normalized spacial score (nSPS) is 14.7. The number of nitrogens with zero attached hydrogens (tertiary/aromatic N) is 3. The number of aromatic nitrogens is 2. The largest absolute Gasteiger partial charge is 0.332 e. The highest BCUT2D eigenvalue weighted by atomic mass is 15.1. The second-order valence-corrected chi connectivity index (χ2v) is 4.04. The SMILES string of the molecule is CCc1nc(CCC#N)c2n1CCCC2. The molecule has 0 unspecified atom stereocenters. The summed E-state index contributed by atoms with van der Waals surface area (Å²) < 4.78 is 2.37. The van der Waals surface area contributed by atoms with Crippen LogP contribution in [0.15, 0.2) is 0 Å². The van der Waals surface area contributed by atoms with Gasteiger partial charge in [0.2, 0.25) is 0 Å². The molecule has 0 saturated heterocycles. The van der Waals surface area contributed by atoms with E-state index in [2.05, 4.69) is 22.5 Å². The van der Waals surface area contributed by atoms with Gasteiger partial charge in [-0.05, 0) is 19.3 Å². The highest BCUT2D eigenvalue weighted by Gasteiger charge is 2.18. The minimum atomic E-state index is 0.590. The molecule has 0 radical (unpaired) electrons. The molecule has 3 heteroatoms. The number of fused-ring (bicyclic) bond motifs is 1. The van der Waals surface area contributed by atoms with E-state index in [4.69, 9.17) is 5.26 Å². The Morgan fingerprint density at radius 1 is 1.47 bits per heavy atom. The van der Waals surface area contributed by atoms with E-state index in [1.165, 1.54) is 30.1 Å². The molecule has 3 nitrogen and oxygen atoms in total. The van der Waals surface area contributed by atoms with Crippen molar-refractivity contribution in [2.75, 3.05) is 0 Å². The Hall–Kier alpha value is -1.30. The van der Waals surface area contributed by atoms with E-state index in [1.54, 1.807) is 0 Å². The molecule has 80 valence electrons. The predicted molar refractivity (Wildman–Crippen MR) is 58.5 cm³/mol. The first-order valence-electron chi connectivity index (χ1n) is 5.81. The van der Waals surface area contributed by atoms with Crippen LogP contribution < -0.4 is 0 Å². The Kier molecular flexibility index (Phi) is 3.05. The molecule has 0 saturated carbocycles. The molecule has 1 aromatic rings. The lowest BCUT2D eigenvalue weighted by atomic mass is 10.1. The van der Waals surface area contributed by atoms with Crippen LogP contribution in [0.25, 0.3) is 0 Å². The average molecular weight is 203 g/mol. The molecule has 0 bridgehead atoms. The number of hydrogen-bond acceptors (Lipinski definition) is 2. The first kappa shape index (κ1) is 10.2. The van der Waals surface area contributed by atoms with Crippen molar-refractivity contribution in [2.45, 2.75) is 52.0 Å². The summed E-state index contributed by atoms with van der Waals surface area (Å²) in [5.41, 5.74) is 2.57. The van der Waals surface area contributed by atoms with Gasteiger partial charge in [0.25, 0.3) is 0 Å². The standard InChI is InChI=1S/C12H17N3/c1-2-12-14-10(6-5-8-13)11-7-3-4-9-15(11)12/h2-7,9H2,1H3. The Morgan fingerprint density at radius 2 is 2.33 bits per heavy atom. The van der Waals surface area contributed by atoms with E-state index in [1.807, 2.05) is 0 Å². The Bertz CT molecular complexity index is 384. The van der Waals surface area contributed by atoms with Gasteiger partial charge in [0.1, 0.15) is 5.82 Å². The molecular formula is C12H17N3. The van der Waals surface area contributed by atoms with Crippen molar-refractivity contribution in [2.24, 2.45) is 0 Å². The van der Waals surface area contributed by atoms with Gasteiger partial charge in [-0.1, -0.05) is 6.92 Å². The zero-order valence-electron chi connectivity index (χ0n) is 9.29. The lowest BCUT2D eigenvalue weighted by molar-refractivity contribution is 0.514. The minimum absolute atomic E-state index is 0.590. The van der Waals surface area contributed by atoms with Crippen molar-refractivity contribution in [3.05, 3.63) is 17.2 Å². The van der Waals surface area contributed by atoms with Crippen LogP contribution in [0.3, 0.4) is 0 Å². The van der Waals surface area contributed by atoms with Crippen LogP contribution in [0.2, 0.25) is 0 Å². The third-order valence-electron chi connectivity index (χ3n) is 3.07. The third kappa shape index (κ3) is 1.90. The number of hydrogen-bond donors (Lipinski definition) is 0. The lowest BCUT2D eigenvalue weighted by Crippen LogP contribution is -2.13. The van der Waals surface area contributed by atoms with Crippen LogP contribution in [0.4, 0.5) is 0 Å². The molecule has 0 fully saturated rings. The smallest absolute Gasteiger partial charge is 0.108 e. The first-order valence-corrected chi connectivity index (χ1v) is 5.81. The van der Waals surface area contributed by atoms with E-state index in [9.17, 15) is 0 Å². The molecule has 1 aromatic heterocycles. The molecule has 0 spiro atoms. The second kappa shape index (κ2) is 4.48. The maximum Gasteiger partial charge on any atom is 0.108 e. The number of aryl methyl sites for hydroxylation is 2. The number of nitriles is 1. The summed E-state index contributed by atoms with van der Waals surface area (Å²) in [6.45, 7) is 3.27. The molecule has 0 N–H and O–H groups in total. The summed E-state index contributed by atoms with van der Waals surface area (Å²) in [6, 6.07) is 2.20. The maximum atomic E-state index is 8.61. The summed E-state index contributed by atoms with van der Waals surface area (Å²) >= 11 is 0. The first-order chi connectivity index (χ1) is 7.36. The average Bonchev–Trinajstić information content (AvgIpc) is 2.65. The van der Waals surface area contributed by atoms with E-state index in [0.29, 0.717) is 6.42 Å². The lowest BCUT2D eigenvalue weighted by Gasteiger charge is -2.16. The van der Waals surface area contributed by atoms with E-state index >= 15 is 0 Å². The van der Waals surface area contributed by atoms with Crippen molar-refractivity contribution >= 4 is 0 Å². The molecule has 2 rings (SSSR count). The fraction of sp³-hybridized carbons (Fsp3) is 0.667. The fourth-order valence-corrected chi connectivity index (χ4v) is 2.34. The molecule has 0 aromatic carbocycles. The Labute approximate surface area is 90.7 Å². The van der Waals surface area contributed by atoms with Crippen LogP contribution >= 0.6 is 0 Å². The zero-order valence-corrected chi connectivity index (χ0v) is 9.29. The Morgan fingerprint density at radius 3 is 3.07 bits per heavy atom. The van der Waals surface area contributed by atoms with E-state index < -0.39 is 0 Å². The van der Waals surface area contributed by atoms with Gasteiger partial charge in [-0.2, -0.15) is 5.26 Å². The number of rotatable bonds is 3. The van der Waals surface area contributed by atoms with Gasteiger partial charge in [0.05, 0.1) is 11.8 Å². The fourth-order valence-electron chi connectivity index (χ4n) is 2.34. The monoisotopic (exact) mass is 203 g/mol. The summed E-state index contributed by atoms with van der Waals surface area (Å²) in [4.78, 5) is 4.66. The highest BCUT2D eigenvalue weighted by molar-refractivity contribution is 5.20. The molecule has 0 atom stereocenters. The molecule has 1 aliphatic heterocycles. The maximum absolute atomic E-state index is 8.61. The summed E-state index contributed by atoms with van der Waals surface area (Å²) in [7, 11) is 0. The third-order valence-corrected chi connectivity index (χ3v) is 3.07. The molecule has 0 amide bonds.